The minimum Gasteiger partial charge on any atom is -0.389 e. The minimum absolute atomic E-state index is 0.411. The molecule has 3 heteroatoms. The molecule has 1 heterocycles. The molecule has 1 rings (SSSR count). The molecule has 1 unspecified atom stereocenters. The summed E-state index contributed by atoms with van der Waals surface area (Å²) in [6, 6.07) is 0. The third-order valence-corrected chi connectivity index (χ3v) is 2.41. The van der Waals surface area contributed by atoms with Crippen molar-refractivity contribution in [2.24, 2.45) is 0 Å². The molecule has 0 aromatic heterocycles. The van der Waals surface area contributed by atoms with Gasteiger partial charge in [0.05, 0.1) is 5.60 Å². The van der Waals surface area contributed by atoms with E-state index in [1.54, 1.807) is 0 Å². The summed E-state index contributed by atoms with van der Waals surface area (Å²) in [5, 5.41) is 9.55. The zero-order valence-electron chi connectivity index (χ0n) is 6.31. The van der Waals surface area contributed by atoms with Gasteiger partial charge in [-0.25, -0.2) is 0 Å². The van der Waals surface area contributed by atoms with E-state index in [9.17, 15) is 5.11 Å². The number of hydrogen-bond donors (Lipinski definition) is 1. The summed E-state index contributed by atoms with van der Waals surface area (Å²) in [6.07, 6.45) is 0.934. The Morgan fingerprint density at radius 1 is 1.70 bits per heavy atom. The van der Waals surface area contributed by atoms with E-state index in [1.165, 1.54) is 0 Å². The third kappa shape index (κ3) is 2.36. The van der Waals surface area contributed by atoms with E-state index in [1.807, 2.05) is 6.92 Å². The van der Waals surface area contributed by atoms with Gasteiger partial charge in [-0.2, -0.15) is 0 Å². The number of hydrogen-bond acceptors (Lipinski definition) is 2. The lowest BCUT2D eigenvalue weighted by molar-refractivity contribution is 0.0697. The van der Waals surface area contributed by atoms with Gasteiger partial charge >= 0.3 is 0 Å². The maximum absolute atomic E-state index is 9.55. The molecule has 0 aliphatic carbocycles. The van der Waals surface area contributed by atoms with Gasteiger partial charge in [0.1, 0.15) is 0 Å². The molecule has 60 valence electrons. The van der Waals surface area contributed by atoms with Crippen LogP contribution in [0.25, 0.3) is 0 Å². The molecular weight excluding hydrogens is 241 g/mol. The standard InChI is InChI=1S/C7H14INO/c1-7(10)2-4-9(6-7)5-3-8/h10H,2-6H2,1H3. The van der Waals surface area contributed by atoms with Crippen LogP contribution in [0.15, 0.2) is 0 Å². The van der Waals surface area contributed by atoms with Crippen molar-refractivity contribution in [1.29, 1.82) is 0 Å². The lowest BCUT2D eigenvalue weighted by atomic mass is 10.1. The van der Waals surface area contributed by atoms with Crippen LogP contribution >= 0.6 is 22.6 Å². The summed E-state index contributed by atoms with van der Waals surface area (Å²) in [6.45, 7) is 4.96. The molecule has 0 aromatic rings. The molecule has 1 fully saturated rings. The summed E-state index contributed by atoms with van der Waals surface area (Å²) in [7, 11) is 0. The fraction of sp³-hybridized carbons (Fsp3) is 1.00. The van der Waals surface area contributed by atoms with Crippen LogP contribution in [0.3, 0.4) is 0 Å². The molecule has 0 bridgehead atoms. The molecule has 10 heavy (non-hydrogen) atoms. The first-order valence-corrected chi connectivity index (χ1v) is 5.17. The second-order valence-corrected chi connectivity index (χ2v) is 4.29. The predicted molar refractivity (Wildman–Crippen MR) is 50.6 cm³/mol. The fourth-order valence-corrected chi connectivity index (χ4v) is 2.03. The van der Waals surface area contributed by atoms with Crippen molar-refractivity contribution < 1.29 is 5.11 Å². The zero-order chi connectivity index (χ0) is 7.61. The number of β-amino-alcohol motifs (C(OH)–C–C–N with tert-alkyl or cyclic N) is 1. The van der Waals surface area contributed by atoms with E-state index in [4.69, 9.17) is 0 Å². The highest BCUT2D eigenvalue weighted by atomic mass is 127. The van der Waals surface area contributed by atoms with Gasteiger partial charge in [-0.3, -0.25) is 4.90 Å². The van der Waals surface area contributed by atoms with Gasteiger partial charge in [0.25, 0.3) is 0 Å². The van der Waals surface area contributed by atoms with Gasteiger partial charge in [0.15, 0.2) is 0 Å². The molecule has 1 aliphatic heterocycles. The fourth-order valence-electron chi connectivity index (χ4n) is 1.35. The van der Waals surface area contributed by atoms with Crippen molar-refractivity contribution in [1.82, 2.24) is 4.90 Å². The van der Waals surface area contributed by atoms with E-state index < -0.39 is 5.60 Å². The summed E-state index contributed by atoms with van der Waals surface area (Å²) in [5.74, 6) is 0. The first-order valence-electron chi connectivity index (χ1n) is 3.65. The quantitative estimate of drug-likeness (QED) is 0.585. The van der Waals surface area contributed by atoms with Crippen LogP contribution in [0.1, 0.15) is 13.3 Å². The zero-order valence-corrected chi connectivity index (χ0v) is 8.47. The van der Waals surface area contributed by atoms with Crippen LogP contribution < -0.4 is 0 Å². The van der Waals surface area contributed by atoms with Crippen LogP contribution in [-0.2, 0) is 0 Å². The van der Waals surface area contributed by atoms with E-state index >= 15 is 0 Å². The Morgan fingerprint density at radius 3 is 2.80 bits per heavy atom. The minimum atomic E-state index is -0.411. The average Bonchev–Trinajstić information content (AvgIpc) is 2.12. The molecule has 2 nitrogen and oxygen atoms in total. The van der Waals surface area contributed by atoms with Crippen LogP contribution in [0.2, 0.25) is 0 Å². The highest BCUT2D eigenvalue weighted by molar-refractivity contribution is 14.1. The topological polar surface area (TPSA) is 23.5 Å². The van der Waals surface area contributed by atoms with E-state index in [0.717, 1.165) is 30.5 Å². The molecular formula is C7H14INO. The molecule has 1 atom stereocenters. The second-order valence-electron chi connectivity index (χ2n) is 3.21. The number of rotatable bonds is 2. The Morgan fingerprint density at radius 2 is 2.40 bits per heavy atom. The number of aliphatic hydroxyl groups is 1. The lowest BCUT2D eigenvalue weighted by Crippen LogP contribution is -2.30. The third-order valence-electron chi connectivity index (χ3n) is 1.93. The van der Waals surface area contributed by atoms with Crippen molar-refractivity contribution >= 4 is 22.6 Å². The first-order chi connectivity index (χ1) is 4.64. The Labute approximate surface area is 75.7 Å². The molecule has 1 aliphatic rings. The van der Waals surface area contributed by atoms with Gasteiger partial charge in [-0.05, 0) is 13.3 Å². The Kier molecular flexibility index (Phi) is 2.94. The van der Waals surface area contributed by atoms with Gasteiger partial charge in [-0.15, -0.1) is 0 Å². The molecule has 1 saturated heterocycles. The van der Waals surface area contributed by atoms with Gasteiger partial charge in [0.2, 0.25) is 0 Å². The van der Waals surface area contributed by atoms with Crippen molar-refractivity contribution in [3.05, 3.63) is 0 Å². The van der Waals surface area contributed by atoms with Crippen LogP contribution in [-0.4, -0.2) is 39.7 Å². The SMILES string of the molecule is CC1(O)CCN(CCI)C1. The predicted octanol–water partition coefficient (Wildman–Crippen LogP) is 0.878. The smallest absolute Gasteiger partial charge is 0.0758 e. The largest absolute Gasteiger partial charge is 0.389 e. The van der Waals surface area contributed by atoms with Gasteiger partial charge in [0, 0.05) is 24.1 Å². The normalized spacial score (nSPS) is 35.1. The van der Waals surface area contributed by atoms with Crippen LogP contribution in [0, 0.1) is 0 Å². The highest BCUT2D eigenvalue weighted by Crippen LogP contribution is 2.19. The molecule has 0 saturated carbocycles. The molecule has 0 amide bonds. The van der Waals surface area contributed by atoms with Crippen molar-refractivity contribution in [3.8, 4) is 0 Å². The van der Waals surface area contributed by atoms with E-state index in [2.05, 4.69) is 27.5 Å². The van der Waals surface area contributed by atoms with Crippen molar-refractivity contribution in [2.45, 2.75) is 18.9 Å². The second kappa shape index (κ2) is 3.36. The van der Waals surface area contributed by atoms with Crippen LogP contribution in [0.4, 0.5) is 0 Å². The number of nitrogens with zero attached hydrogens (tertiary/aromatic N) is 1. The summed E-state index contributed by atoms with van der Waals surface area (Å²) in [4.78, 5) is 2.31. The molecule has 0 spiro atoms. The Bertz CT molecular complexity index is 116. The number of likely N-dealkylation sites (tertiary alicyclic amines) is 1. The molecule has 1 N–H and O–H groups in total. The Balaban J connectivity index is 2.29. The Hall–Kier alpha value is 0.650. The van der Waals surface area contributed by atoms with Gasteiger partial charge in [-0.1, -0.05) is 22.6 Å². The van der Waals surface area contributed by atoms with Crippen molar-refractivity contribution in [2.75, 3.05) is 24.1 Å². The summed E-state index contributed by atoms with van der Waals surface area (Å²) < 4.78 is 1.16. The van der Waals surface area contributed by atoms with E-state index in [0.29, 0.717) is 0 Å². The summed E-state index contributed by atoms with van der Waals surface area (Å²) >= 11 is 2.37. The monoisotopic (exact) mass is 255 g/mol. The summed E-state index contributed by atoms with van der Waals surface area (Å²) in [5.41, 5.74) is -0.411. The van der Waals surface area contributed by atoms with Crippen molar-refractivity contribution in [3.63, 3.8) is 0 Å². The first kappa shape index (κ1) is 8.74. The number of alkyl halides is 1. The van der Waals surface area contributed by atoms with E-state index in [-0.39, 0.29) is 0 Å². The van der Waals surface area contributed by atoms with Gasteiger partial charge < -0.3 is 5.11 Å². The average molecular weight is 255 g/mol. The highest BCUT2D eigenvalue weighted by Gasteiger charge is 2.30. The van der Waals surface area contributed by atoms with Crippen LogP contribution in [0.5, 0.6) is 0 Å². The lowest BCUT2D eigenvalue weighted by Gasteiger charge is -2.17. The maximum Gasteiger partial charge on any atom is 0.0758 e. The molecule has 0 radical (unpaired) electrons. The maximum atomic E-state index is 9.55. The molecule has 0 aromatic carbocycles. The number of halogens is 1.